The normalized spacial score (nSPS) is 17.8. The number of non-ortho nitro benzene ring substituents is 1. The third-order valence-corrected chi connectivity index (χ3v) is 8.35. The number of nitrogens with zero attached hydrogens (tertiary/aromatic N) is 5. The molecule has 3 aromatic rings. The number of carbonyl (C=O) groups is 2. The van der Waals surface area contributed by atoms with E-state index in [9.17, 15) is 19.7 Å². The minimum atomic E-state index is -0.502. The molecule has 2 aliphatic heterocycles. The van der Waals surface area contributed by atoms with Gasteiger partial charge in [-0.05, 0) is 28.5 Å². The third-order valence-electron chi connectivity index (χ3n) is 6.57. The van der Waals surface area contributed by atoms with Crippen LogP contribution in [0.4, 0.5) is 5.69 Å². The van der Waals surface area contributed by atoms with Crippen LogP contribution in [0, 0.1) is 10.1 Å². The Hall–Kier alpha value is -3.45. The van der Waals surface area contributed by atoms with Crippen molar-refractivity contribution < 1.29 is 19.2 Å². The summed E-state index contributed by atoms with van der Waals surface area (Å²) in [6, 6.07) is 13.2. The number of hydrogen-bond acceptors (Lipinski definition) is 9. The molecule has 0 unspecified atom stereocenters. The maximum absolute atomic E-state index is 13.8. The molecule has 0 spiro atoms. The maximum Gasteiger partial charge on any atom is 0.269 e. The third kappa shape index (κ3) is 5.99. The van der Waals surface area contributed by atoms with Gasteiger partial charge in [-0.25, -0.2) is 5.01 Å². The van der Waals surface area contributed by atoms with Crippen LogP contribution < -0.4 is 0 Å². The van der Waals surface area contributed by atoms with Gasteiger partial charge in [0.1, 0.15) is 6.54 Å². The summed E-state index contributed by atoms with van der Waals surface area (Å²) in [5, 5.41) is 21.3. The molecule has 1 fully saturated rings. The molecular weight excluding hydrogens is 526 g/mol. The number of nitro benzene ring substituents is 1. The summed E-state index contributed by atoms with van der Waals surface area (Å²) >= 11 is 2.87. The van der Waals surface area contributed by atoms with Crippen molar-refractivity contribution in [2.24, 2.45) is 5.10 Å². The van der Waals surface area contributed by atoms with Crippen LogP contribution in [0.3, 0.4) is 0 Å². The number of thiophene rings is 2. The summed E-state index contributed by atoms with van der Waals surface area (Å²) < 4.78 is 5.43. The standard InChI is InChI=1S/C26H27N5O5S2/c32-25(18-29(26(33)24-7-3-15-38-24)9-8-28-10-12-36-13-11-28)30-22(17-21(27-30)23-6-2-14-37-23)19-4-1-5-20(16-19)31(34)35/h1-7,14-16,22H,8-13,17-18H2/t22-/m1/s1. The lowest BCUT2D eigenvalue weighted by atomic mass is 10.0. The first-order valence-corrected chi connectivity index (χ1v) is 14.1. The van der Waals surface area contributed by atoms with Crippen LogP contribution in [0.25, 0.3) is 0 Å². The van der Waals surface area contributed by atoms with E-state index in [0.29, 0.717) is 43.2 Å². The van der Waals surface area contributed by atoms with Gasteiger partial charge in [0, 0.05) is 44.7 Å². The Bertz CT molecular complexity index is 1310. The van der Waals surface area contributed by atoms with Crippen molar-refractivity contribution in [3.63, 3.8) is 0 Å². The monoisotopic (exact) mass is 553 g/mol. The number of hydrogen-bond donors (Lipinski definition) is 0. The van der Waals surface area contributed by atoms with Crippen molar-refractivity contribution in [3.8, 4) is 0 Å². The Morgan fingerprint density at radius 1 is 1.11 bits per heavy atom. The summed E-state index contributed by atoms with van der Waals surface area (Å²) in [4.78, 5) is 43.4. The lowest BCUT2D eigenvalue weighted by molar-refractivity contribution is -0.385. The molecule has 10 nitrogen and oxygen atoms in total. The molecule has 1 aromatic carbocycles. The number of ether oxygens (including phenoxy) is 1. The van der Waals surface area contributed by atoms with Gasteiger partial charge in [0.2, 0.25) is 0 Å². The maximum atomic E-state index is 13.8. The van der Waals surface area contributed by atoms with Crippen LogP contribution in [0.5, 0.6) is 0 Å². The molecule has 0 bridgehead atoms. The first kappa shape index (κ1) is 26.2. The van der Waals surface area contributed by atoms with E-state index in [1.165, 1.54) is 39.8 Å². The Morgan fingerprint density at radius 3 is 2.61 bits per heavy atom. The van der Waals surface area contributed by atoms with Crippen LogP contribution in [-0.4, -0.2) is 83.2 Å². The van der Waals surface area contributed by atoms with Crippen LogP contribution in [-0.2, 0) is 9.53 Å². The number of hydrazone groups is 1. The van der Waals surface area contributed by atoms with E-state index in [-0.39, 0.29) is 24.0 Å². The molecule has 0 saturated carbocycles. The minimum absolute atomic E-state index is 0.0421. The van der Waals surface area contributed by atoms with Crippen LogP contribution >= 0.6 is 22.7 Å². The van der Waals surface area contributed by atoms with Crippen molar-refractivity contribution >= 4 is 45.9 Å². The molecule has 0 N–H and O–H groups in total. The van der Waals surface area contributed by atoms with E-state index in [1.807, 2.05) is 29.0 Å². The van der Waals surface area contributed by atoms with E-state index in [2.05, 4.69) is 10.0 Å². The Labute approximate surface area is 227 Å². The zero-order valence-electron chi connectivity index (χ0n) is 20.6. The lowest BCUT2D eigenvalue weighted by Crippen LogP contribution is -2.46. The zero-order valence-corrected chi connectivity index (χ0v) is 22.2. The second-order valence-electron chi connectivity index (χ2n) is 8.99. The van der Waals surface area contributed by atoms with Gasteiger partial charge in [-0.1, -0.05) is 24.3 Å². The second-order valence-corrected chi connectivity index (χ2v) is 10.9. The number of nitro groups is 1. The van der Waals surface area contributed by atoms with Gasteiger partial charge in [-0.15, -0.1) is 22.7 Å². The smallest absolute Gasteiger partial charge is 0.269 e. The van der Waals surface area contributed by atoms with E-state index < -0.39 is 11.0 Å². The average Bonchev–Trinajstić information content (AvgIpc) is 3.73. The molecule has 2 aliphatic rings. The quantitative estimate of drug-likeness (QED) is 0.294. The SMILES string of the molecule is O=C(c1cccs1)N(CCN1CCOCC1)CC(=O)N1N=C(c2cccs2)C[C@@H]1c1cccc([N+](=O)[O-])c1. The highest BCUT2D eigenvalue weighted by Crippen LogP contribution is 2.35. The van der Waals surface area contributed by atoms with Gasteiger partial charge in [-0.3, -0.25) is 24.6 Å². The van der Waals surface area contributed by atoms with E-state index in [4.69, 9.17) is 4.74 Å². The van der Waals surface area contributed by atoms with Crippen molar-refractivity contribution in [2.75, 3.05) is 45.9 Å². The molecule has 12 heteroatoms. The summed E-state index contributed by atoms with van der Waals surface area (Å²) in [7, 11) is 0. The zero-order chi connectivity index (χ0) is 26.5. The first-order chi connectivity index (χ1) is 18.5. The molecule has 2 aromatic heterocycles. The van der Waals surface area contributed by atoms with Crippen LogP contribution in [0.15, 0.2) is 64.4 Å². The van der Waals surface area contributed by atoms with Crippen molar-refractivity contribution in [1.82, 2.24) is 14.8 Å². The molecule has 1 saturated heterocycles. The van der Waals surface area contributed by atoms with Gasteiger partial charge in [-0.2, -0.15) is 5.10 Å². The van der Waals surface area contributed by atoms with Crippen LogP contribution in [0.1, 0.15) is 32.6 Å². The summed E-state index contributed by atoms with van der Waals surface area (Å²) in [6.45, 7) is 3.74. The highest BCUT2D eigenvalue weighted by Gasteiger charge is 2.35. The Balaban J connectivity index is 1.39. The van der Waals surface area contributed by atoms with Gasteiger partial charge in [0.25, 0.3) is 17.5 Å². The molecule has 2 amide bonds. The predicted octanol–water partition coefficient (Wildman–Crippen LogP) is 3.87. The van der Waals surface area contributed by atoms with E-state index >= 15 is 0 Å². The Morgan fingerprint density at radius 2 is 1.89 bits per heavy atom. The fraction of sp³-hybridized carbons (Fsp3) is 0.346. The Kier molecular flexibility index (Phi) is 8.23. The molecule has 4 heterocycles. The van der Waals surface area contributed by atoms with Crippen molar-refractivity contribution in [3.05, 3.63) is 84.7 Å². The largest absolute Gasteiger partial charge is 0.379 e. The molecule has 0 radical (unpaired) electrons. The van der Waals surface area contributed by atoms with Crippen molar-refractivity contribution in [1.29, 1.82) is 0 Å². The topological polar surface area (TPSA) is 109 Å². The van der Waals surface area contributed by atoms with Crippen molar-refractivity contribution in [2.45, 2.75) is 12.5 Å². The summed E-state index contributed by atoms with van der Waals surface area (Å²) in [5.74, 6) is -0.532. The molecule has 38 heavy (non-hydrogen) atoms. The number of benzene rings is 1. The lowest BCUT2D eigenvalue weighted by Gasteiger charge is -2.31. The highest BCUT2D eigenvalue weighted by molar-refractivity contribution is 7.12. The fourth-order valence-corrected chi connectivity index (χ4v) is 5.98. The minimum Gasteiger partial charge on any atom is -0.379 e. The van der Waals surface area contributed by atoms with E-state index in [1.54, 1.807) is 23.1 Å². The molecule has 5 rings (SSSR count). The van der Waals surface area contributed by atoms with Gasteiger partial charge in [0.15, 0.2) is 0 Å². The highest BCUT2D eigenvalue weighted by atomic mass is 32.1. The van der Waals surface area contributed by atoms with E-state index in [0.717, 1.165) is 23.7 Å². The summed E-state index contributed by atoms with van der Waals surface area (Å²) in [6.07, 6.45) is 0.431. The second kappa shape index (κ2) is 11.9. The molecular formula is C26H27N5O5S2. The van der Waals surface area contributed by atoms with Crippen LogP contribution in [0.2, 0.25) is 0 Å². The van der Waals surface area contributed by atoms with Gasteiger partial charge >= 0.3 is 0 Å². The molecule has 1 atom stereocenters. The fourth-order valence-electron chi connectivity index (χ4n) is 4.57. The number of amides is 2. The predicted molar refractivity (Wildman–Crippen MR) is 146 cm³/mol. The number of rotatable bonds is 9. The average molecular weight is 554 g/mol. The van der Waals surface area contributed by atoms with Gasteiger partial charge in [0.05, 0.1) is 39.6 Å². The summed E-state index contributed by atoms with van der Waals surface area (Å²) in [5.41, 5.74) is 1.33. The first-order valence-electron chi connectivity index (χ1n) is 12.3. The molecule has 198 valence electrons. The number of carbonyl (C=O) groups excluding carboxylic acids is 2. The van der Waals surface area contributed by atoms with Gasteiger partial charge < -0.3 is 9.64 Å². The number of morpholine rings is 1. The molecule has 0 aliphatic carbocycles.